The number of likely N-dealkylation sites (tertiary alicyclic amines) is 1. The van der Waals surface area contributed by atoms with E-state index >= 15 is 0 Å². The Morgan fingerprint density at radius 3 is 2.75 bits per heavy atom. The van der Waals surface area contributed by atoms with E-state index < -0.39 is 0 Å². The van der Waals surface area contributed by atoms with E-state index in [0.717, 1.165) is 57.3 Å². The van der Waals surface area contributed by atoms with Gasteiger partial charge in [-0.15, -0.1) is 21.5 Å². The van der Waals surface area contributed by atoms with Crippen LogP contribution < -0.4 is 0 Å². The molecule has 2 aromatic heterocycles. The minimum absolute atomic E-state index is 0.266. The van der Waals surface area contributed by atoms with Crippen LogP contribution in [0, 0.1) is 6.92 Å². The van der Waals surface area contributed by atoms with Crippen LogP contribution in [0.1, 0.15) is 65.6 Å². The topological polar surface area (TPSA) is 51.4 Å². The number of hydrogen-bond donors (Lipinski definition) is 0. The number of thiophene rings is 1. The van der Waals surface area contributed by atoms with Crippen LogP contribution in [0.2, 0.25) is 0 Å². The van der Waals surface area contributed by atoms with Crippen molar-refractivity contribution in [3.8, 4) is 0 Å². The van der Waals surface area contributed by atoms with E-state index in [0.29, 0.717) is 5.92 Å². The van der Waals surface area contributed by atoms with Crippen LogP contribution in [-0.4, -0.2) is 34.9 Å². The molecule has 0 spiro atoms. The van der Waals surface area contributed by atoms with Crippen LogP contribution in [0.15, 0.2) is 16.5 Å². The molecule has 0 radical (unpaired) electrons. The van der Waals surface area contributed by atoms with Gasteiger partial charge in [0.2, 0.25) is 11.8 Å². The lowest BCUT2D eigenvalue weighted by atomic mass is 10.0. The zero-order chi connectivity index (χ0) is 16.4. The van der Waals surface area contributed by atoms with Gasteiger partial charge >= 0.3 is 0 Å². The predicted molar refractivity (Wildman–Crippen MR) is 93.2 cm³/mol. The molecule has 2 saturated heterocycles. The molecule has 0 unspecified atom stereocenters. The molecule has 2 aliphatic heterocycles. The monoisotopic (exact) mass is 347 g/mol. The highest BCUT2D eigenvalue weighted by Crippen LogP contribution is 2.34. The van der Waals surface area contributed by atoms with E-state index in [1.54, 1.807) is 0 Å². The summed E-state index contributed by atoms with van der Waals surface area (Å²) >= 11 is 1.88. The Kier molecular flexibility index (Phi) is 4.96. The molecule has 4 heterocycles. The fourth-order valence-electron chi connectivity index (χ4n) is 3.72. The van der Waals surface area contributed by atoms with E-state index in [4.69, 9.17) is 9.15 Å². The number of hydrogen-bond acceptors (Lipinski definition) is 6. The maximum Gasteiger partial charge on any atom is 0.233 e. The van der Waals surface area contributed by atoms with Gasteiger partial charge in [0.15, 0.2) is 0 Å². The quantitative estimate of drug-likeness (QED) is 0.835. The first-order valence-corrected chi connectivity index (χ1v) is 9.81. The molecule has 6 heteroatoms. The lowest BCUT2D eigenvalue weighted by Gasteiger charge is -2.33. The first kappa shape index (κ1) is 16.2. The Bertz CT molecular complexity index is 663. The van der Waals surface area contributed by atoms with Gasteiger partial charge in [0, 0.05) is 35.4 Å². The summed E-state index contributed by atoms with van der Waals surface area (Å²) in [6.45, 7) is 5.86. The van der Waals surface area contributed by atoms with E-state index in [2.05, 4.69) is 34.2 Å². The molecule has 0 aliphatic carbocycles. The van der Waals surface area contributed by atoms with Crippen molar-refractivity contribution in [2.75, 3.05) is 19.8 Å². The minimum Gasteiger partial charge on any atom is -0.423 e. The summed E-state index contributed by atoms with van der Waals surface area (Å²) in [4.78, 5) is 5.30. The molecular weight excluding hydrogens is 322 g/mol. The third kappa shape index (κ3) is 3.55. The van der Waals surface area contributed by atoms with Crippen molar-refractivity contribution in [2.24, 2.45) is 0 Å². The van der Waals surface area contributed by atoms with Crippen LogP contribution in [0.4, 0.5) is 0 Å². The second-order valence-electron chi connectivity index (χ2n) is 6.86. The maximum atomic E-state index is 6.12. The minimum atomic E-state index is 0.266. The average molecular weight is 347 g/mol. The largest absolute Gasteiger partial charge is 0.423 e. The Balaban J connectivity index is 1.49. The third-order valence-electron chi connectivity index (χ3n) is 5.08. The average Bonchev–Trinajstić information content (AvgIpc) is 3.26. The predicted octanol–water partition coefficient (Wildman–Crippen LogP) is 4.06. The summed E-state index contributed by atoms with van der Waals surface area (Å²) in [5.74, 6) is 1.99. The Morgan fingerprint density at radius 1 is 1.12 bits per heavy atom. The molecular formula is C18H25N3O2S. The first-order chi connectivity index (χ1) is 11.8. The third-order valence-corrected chi connectivity index (χ3v) is 6.07. The van der Waals surface area contributed by atoms with Gasteiger partial charge in [0.25, 0.3) is 0 Å². The summed E-state index contributed by atoms with van der Waals surface area (Å²) in [7, 11) is 0. The molecule has 0 N–H and O–H groups in total. The Morgan fingerprint density at radius 2 is 1.96 bits per heavy atom. The highest BCUT2D eigenvalue weighted by molar-refractivity contribution is 7.11. The van der Waals surface area contributed by atoms with Gasteiger partial charge in [0.05, 0.1) is 6.04 Å². The molecule has 24 heavy (non-hydrogen) atoms. The summed E-state index contributed by atoms with van der Waals surface area (Å²) in [6.07, 6.45) is 5.58. The molecule has 4 rings (SSSR count). The highest BCUT2D eigenvalue weighted by Gasteiger charge is 2.30. The van der Waals surface area contributed by atoms with Crippen molar-refractivity contribution in [3.63, 3.8) is 0 Å². The zero-order valence-corrected chi connectivity index (χ0v) is 15.1. The van der Waals surface area contributed by atoms with Crippen molar-refractivity contribution < 1.29 is 9.15 Å². The maximum absolute atomic E-state index is 6.12. The molecule has 2 aliphatic rings. The number of aromatic nitrogens is 2. The van der Waals surface area contributed by atoms with Gasteiger partial charge in [-0.05, 0) is 51.3 Å². The van der Waals surface area contributed by atoms with Crippen molar-refractivity contribution in [2.45, 2.75) is 57.5 Å². The second-order valence-corrected chi connectivity index (χ2v) is 8.23. The number of rotatable bonds is 4. The molecule has 0 bridgehead atoms. The van der Waals surface area contributed by atoms with E-state index in [-0.39, 0.29) is 6.04 Å². The van der Waals surface area contributed by atoms with Crippen LogP contribution in [-0.2, 0) is 11.3 Å². The molecule has 2 fully saturated rings. The number of piperidine rings is 1. The Labute approximate surface area is 147 Å². The second kappa shape index (κ2) is 7.33. The van der Waals surface area contributed by atoms with Crippen LogP contribution in [0.3, 0.4) is 0 Å². The molecule has 0 saturated carbocycles. The first-order valence-electron chi connectivity index (χ1n) is 9.00. The molecule has 2 aromatic rings. The van der Waals surface area contributed by atoms with Crippen molar-refractivity contribution in [1.29, 1.82) is 0 Å². The van der Waals surface area contributed by atoms with Crippen molar-refractivity contribution >= 4 is 11.3 Å². The summed E-state index contributed by atoms with van der Waals surface area (Å²) in [5, 5.41) is 8.78. The Hall–Kier alpha value is -1.24. The number of ether oxygens (including phenoxy) is 1. The summed E-state index contributed by atoms with van der Waals surface area (Å²) in [5.41, 5.74) is 0. The fraction of sp³-hybridized carbons (Fsp3) is 0.667. The van der Waals surface area contributed by atoms with Gasteiger partial charge < -0.3 is 9.15 Å². The molecule has 0 amide bonds. The van der Waals surface area contributed by atoms with Gasteiger partial charge in [0.1, 0.15) is 0 Å². The lowest BCUT2D eigenvalue weighted by Crippen LogP contribution is -2.32. The van der Waals surface area contributed by atoms with Crippen molar-refractivity contribution in [1.82, 2.24) is 15.1 Å². The molecule has 130 valence electrons. The van der Waals surface area contributed by atoms with Crippen LogP contribution in [0.25, 0.3) is 0 Å². The molecule has 5 nitrogen and oxygen atoms in total. The van der Waals surface area contributed by atoms with Gasteiger partial charge in [-0.1, -0.05) is 6.42 Å². The standard InChI is InChI=1S/C18H25N3O2S/c1-13-5-6-15(24-13)12-21-9-3-2-4-16(21)18-20-19-17(23-18)14-7-10-22-11-8-14/h5-6,14,16H,2-4,7-12H2,1H3/t16-/m0/s1. The van der Waals surface area contributed by atoms with Gasteiger partial charge in [-0.3, -0.25) is 4.90 Å². The van der Waals surface area contributed by atoms with Gasteiger partial charge in [-0.2, -0.15) is 0 Å². The fourth-order valence-corrected chi connectivity index (χ4v) is 4.64. The number of nitrogens with zero attached hydrogens (tertiary/aromatic N) is 3. The van der Waals surface area contributed by atoms with Crippen LogP contribution in [0.5, 0.6) is 0 Å². The van der Waals surface area contributed by atoms with Gasteiger partial charge in [-0.25, -0.2) is 0 Å². The zero-order valence-electron chi connectivity index (χ0n) is 14.2. The highest BCUT2D eigenvalue weighted by atomic mass is 32.1. The SMILES string of the molecule is Cc1ccc(CN2CCCC[C@H]2c2nnc(C3CCOCC3)o2)s1. The lowest BCUT2D eigenvalue weighted by molar-refractivity contribution is 0.0768. The summed E-state index contributed by atoms with van der Waals surface area (Å²) in [6, 6.07) is 4.71. The normalized spacial score (nSPS) is 23.6. The van der Waals surface area contributed by atoms with Crippen molar-refractivity contribution in [3.05, 3.63) is 33.7 Å². The molecule has 1 atom stereocenters. The van der Waals surface area contributed by atoms with E-state index in [1.807, 2.05) is 11.3 Å². The van der Waals surface area contributed by atoms with E-state index in [9.17, 15) is 0 Å². The summed E-state index contributed by atoms with van der Waals surface area (Å²) < 4.78 is 11.6. The van der Waals surface area contributed by atoms with Crippen LogP contribution >= 0.6 is 11.3 Å². The van der Waals surface area contributed by atoms with E-state index in [1.165, 1.54) is 22.6 Å². The molecule has 0 aromatic carbocycles. The number of aryl methyl sites for hydroxylation is 1. The smallest absolute Gasteiger partial charge is 0.233 e.